The fourth-order valence-corrected chi connectivity index (χ4v) is 3.19. The van der Waals surface area contributed by atoms with Crippen LogP contribution in [0.4, 0.5) is 5.69 Å². The highest BCUT2D eigenvalue weighted by Gasteiger charge is 2.44. The minimum absolute atomic E-state index is 0.000294. The summed E-state index contributed by atoms with van der Waals surface area (Å²) < 4.78 is 5.62. The number of benzene rings is 2. The second-order valence-corrected chi connectivity index (χ2v) is 6.69. The van der Waals surface area contributed by atoms with Gasteiger partial charge in [0, 0.05) is 16.6 Å². The van der Waals surface area contributed by atoms with Crippen molar-refractivity contribution in [3.63, 3.8) is 0 Å². The van der Waals surface area contributed by atoms with Gasteiger partial charge >= 0.3 is 0 Å². The zero-order valence-corrected chi connectivity index (χ0v) is 14.8. The molecule has 2 unspecified atom stereocenters. The van der Waals surface area contributed by atoms with Crippen LogP contribution in [0.2, 0.25) is 5.02 Å². The maximum absolute atomic E-state index is 12.5. The van der Waals surface area contributed by atoms with E-state index in [0.29, 0.717) is 6.61 Å². The minimum Gasteiger partial charge on any atom is -0.494 e. The van der Waals surface area contributed by atoms with Crippen LogP contribution in [0.5, 0.6) is 5.75 Å². The van der Waals surface area contributed by atoms with E-state index < -0.39 is 0 Å². The summed E-state index contributed by atoms with van der Waals surface area (Å²) in [6, 6.07) is 13.5. The molecular formula is C20H22ClNO2. The highest BCUT2D eigenvalue weighted by Crippen LogP contribution is 2.50. The third-order valence-corrected chi connectivity index (χ3v) is 4.70. The Balaban J connectivity index is 1.63. The molecule has 1 fully saturated rings. The fraction of sp³-hybridized carbons (Fsp3) is 0.350. The minimum atomic E-state index is 0.000294. The van der Waals surface area contributed by atoms with E-state index in [1.54, 1.807) is 0 Å². The van der Waals surface area contributed by atoms with Crippen molar-refractivity contribution < 1.29 is 9.53 Å². The maximum Gasteiger partial charge on any atom is 0.228 e. The molecule has 1 saturated carbocycles. The van der Waals surface area contributed by atoms with Gasteiger partial charge in [0.25, 0.3) is 0 Å². The number of carbonyl (C=O) groups excluding carboxylic acids is 1. The molecule has 2 aromatic rings. The molecule has 1 amide bonds. The van der Waals surface area contributed by atoms with E-state index in [1.807, 2.05) is 49.4 Å². The molecular weight excluding hydrogens is 322 g/mol. The smallest absolute Gasteiger partial charge is 0.228 e. The lowest BCUT2D eigenvalue weighted by molar-refractivity contribution is -0.117. The van der Waals surface area contributed by atoms with Gasteiger partial charge in [-0.05, 0) is 61.1 Å². The lowest BCUT2D eigenvalue weighted by Crippen LogP contribution is -2.15. The van der Waals surface area contributed by atoms with Crippen LogP contribution in [-0.2, 0) is 4.79 Å². The molecule has 1 aliphatic carbocycles. The van der Waals surface area contributed by atoms with Crippen LogP contribution in [0, 0.1) is 12.8 Å². The molecule has 4 heteroatoms. The van der Waals surface area contributed by atoms with Crippen molar-refractivity contribution >= 4 is 23.2 Å². The first-order valence-electron chi connectivity index (χ1n) is 8.39. The quantitative estimate of drug-likeness (QED) is 0.784. The van der Waals surface area contributed by atoms with Gasteiger partial charge in [-0.2, -0.15) is 0 Å². The summed E-state index contributed by atoms with van der Waals surface area (Å²) in [7, 11) is 0. The Hall–Kier alpha value is -2.00. The molecule has 0 bridgehead atoms. The highest BCUT2D eigenvalue weighted by molar-refractivity contribution is 6.31. The van der Waals surface area contributed by atoms with Crippen LogP contribution in [0.1, 0.15) is 36.8 Å². The summed E-state index contributed by atoms with van der Waals surface area (Å²) >= 11 is 6.23. The van der Waals surface area contributed by atoms with Crippen LogP contribution in [0.3, 0.4) is 0 Å². The van der Waals surface area contributed by atoms with Gasteiger partial charge in [-0.15, -0.1) is 0 Å². The molecule has 1 aliphatic rings. The number of nitrogens with one attached hydrogen (secondary N) is 1. The highest BCUT2D eigenvalue weighted by atomic mass is 35.5. The Morgan fingerprint density at radius 2 is 2.08 bits per heavy atom. The Morgan fingerprint density at radius 1 is 1.29 bits per heavy atom. The molecule has 2 atom stereocenters. The van der Waals surface area contributed by atoms with Crippen LogP contribution in [0.15, 0.2) is 42.5 Å². The standard InChI is InChI=1S/C20H22ClNO2/c1-3-10-24-14-8-9-19(13(2)11-14)22-20(23)17-12-16(17)15-6-4-5-7-18(15)21/h4-9,11,16-17H,3,10,12H2,1-2H3,(H,22,23). The van der Waals surface area contributed by atoms with Gasteiger partial charge in [-0.1, -0.05) is 36.7 Å². The zero-order valence-electron chi connectivity index (χ0n) is 14.0. The SMILES string of the molecule is CCCOc1ccc(NC(=O)C2CC2c2ccccc2Cl)c(C)c1. The molecule has 2 aromatic carbocycles. The molecule has 0 aliphatic heterocycles. The van der Waals surface area contributed by atoms with Crippen molar-refractivity contribution in [1.29, 1.82) is 0 Å². The number of aryl methyl sites for hydroxylation is 1. The Kier molecular flexibility index (Phi) is 5.10. The van der Waals surface area contributed by atoms with Crippen molar-refractivity contribution in [3.8, 4) is 5.75 Å². The predicted octanol–water partition coefficient (Wildman–Crippen LogP) is 5.18. The topological polar surface area (TPSA) is 38.3 Å². The summed E-state index contributed by atoms with van der Waals surface area (Å²) in [6.07, 6.45) is 1.83. The van der Waals surface area contributed by atoms with Gasteiger partial charge in [0.2, 0.25) is 5.91 Å². The van der Waals surface area contributed by atoms with Crippen LogP contribution in [0.25, 0.3) is 0 Å². The first-order chi connectivity index (χ1) is 11.6. The van der Waals surface area contributed by atoms with Crippen molar-refractivity contribution in [1.82, 2.24) is 0 Å². The van der Waals surface area contributed by atoms with E-state index in [0.717, 1.165) is 40.4 Å². The predicted molar refractivity (Wildman–Crippen MR) is 97.9 cm³/mol. The number of hydrogen-bond donors (Lipinski definition) is 1. The number of rotatable bonds is 6. The van der Waals surface area contributed by atoms with Crippen LogP contribution >= 0.6 is 11.6 Å². The molecule has 126 valence electrons. The summed E-state index contributed by atoms with van der Waals surface area (Å²) in [6.45, 7) is 4.76. The second kappa shape index (κ2) is 7.27. The number of ether oxygens (including phenoxy) is 1. The Bertz CT molecular complexity index is 744. The molecule has 24 heavy (non-hydrogen) atoms. The van der Waals surface area contributed by atoms with Crippen LogP contribution < -0.4 is 10.1 Å². The summed E-state index contributed by atoms with van der Waals surface area (Å²) in [5.41, 5.74) is 2.92. The molecule has 0 saturated heterocycles. The Morgan fingerprint density at radius 3 is 2.79 bits per heavy atom. The van der Waals surface area contributed by atoms with Gasteiger partial charge in [0.1, 0.15) is 5.75 Å². The van der Waals surface area contributed by atoms with Gasteiger partial charge in [0.05, 0.1) is 6.61 Å². The molecule has 3 rings (SSSR count). The van der Waals surface area contributed by atoms with Crippen molar-refractivity contribution in [3.05, 3.63) is 58.6 Å². The van der Waals surface area contributed by atoms with E-state index in [4.69, 9.17) is 16.3 Å². The molecule has 0 radical (unpaired) electrons. The molecule has 3 nitrogen and oxygen atoms in total. The third kappa shape index (κ3) is 3.73. The van der Waals surface area contributed by atoms with Gasteiger partial charge in [-0.25, -0.2) is 0 Å². The average Bonchev–Trinajstić information content (AvgIpc) is 3.36. The van der Waals surface area contributed by atoms with Crippen molar-refractivity contribution in [2.45, 2.75) is 32.6 Å². The first kappa shape index (κ1) is 16.8. The van der Waals surface area contributed by atoms with Crippen molar-refractivity contribution in [2.24, 2.45) is 5.92 Å². The van der Waals surface area contributed by atoms with Gasteiger partial charge in [-0.3, -0.25) is 4.79 Å². The van der Waals surface area contributed by atoms with E-state index in [1.165, 1.54) is 0 Å². The number of carbonyl (C=O) groups is 1. The number of hydrogen-bond acceptors (Lipinski definition) is 2. The zero-order chi connectivity index (χ0) is 17.1. The largest absolute Gasteiger partial charge is 0.494 e. The normalized spacial score (nSPS) is 19.0. The Labute approximate surface area is 148 Å². The molecule has 0 aromatic heterocycles. The van der Waals surface area contributed by atoms with Crippen LogP contribution in [-0.4, -0.2) is 12.5 Å². The number of amides is 1. The second-order valence-electron chi connectivity index (χ2n) is 6.28. The third-order valence-electron chi connectivity index (χ3n) is 4.36. The lowest BCUT2D eigenvalue weighted by Gasteiger charge is -2.11. The fourth-order valence-electron chi connectivity index (χ4n) is 2.92. The average molecular weight is 344 g/mol. The molecule has 1 N–H and O–H groups in total. The number of anilines is 1. The summed E-state index contributed by atoms with van der Waals surface area (Å²) in [5.74, 6) is 1.13. The van der Waals surface area contributed by atoms with E-state index in [9.17, 15) is 4.79 Å². The first-order valence-corrected chi connectivity index (χ1v) is 8.76. The van der Waals surface area contributed by atoms with Gasteiger partial charge < -0.3 is 10.1 Å². The summed E-state index contributed by atoms with van der Waals surface area (Å²) in [4.78, 5) is 12.5. The van der Waals surface area contributed by atoms with Gasteiger partial charge in [0.15, 0.2) is 0 Å². The maximum atomic E-state index is 12.5. The molecule has 0 spiro atoms. The van der Waals surface area contributed by atoms with Crippen molar-refractivity contribution in [2.75, 3.05) is 11.9 Å². The lowest BCUT2D eigenvalue weighted by atomic mass is 10.1. The monoisotopic (exact) mass is 343 g/mol. The number of halogens is 1. The summed E-state index contributed by atoms with van der Waals surface area (Å²) in [5, 5.41) is 3.78. The van der Waals surface area contributed by atoms with E-state index >= 15 is 0 Å². The van der Waals surface area contributed by atoms with E-state index in [2.05, 4.69) is 12.2 Å². The molecule has 0 heterocycles. The van der Waals surface area contributed by atoms with E-state index in [-0.39, 0.29) is 17.7 Å².